The summed E-state index contributed by atoms with van der Waals surface area (Å²) in [5, 5.41) is 33.2. The molecule has 0 spiro atoms. The van der Waals surface area contributed by atoms with Gasteiger partial charge in [-0.25, -0.2) is 54.0 Å². The molecule has 32 heteroatoms. The van der Waals surface area contributed by atoms with Crippen LogP contribution in [-0.4, -0.2) is 152 Å². The monoisotopic (exact) mass is 908 g/mol. The van der Waals surface area contributed by atoms with Gasteiger partial charge in [0.15, 0.2) is 53.1 Å². The number of phosphoric acid groups is 2. The summed E-state index contributed by atoms with van der Waals surface area (Å²) in [6, 6.07) is 0. The van der Waals surface area contributed by atoms with E-state index in [2.05, 4.69) is 44.9 Å². The van der Waals surface area contributed by atoms with Gasteiger partial charge >= 0.3 is 15.6 Å². The van der Waals surface area contributed by atoms with Crippen molar-refractivity contribution in [3.05, 3.63) is 38.0 Å². The van der Waals surface area contributed by atoms with Crippen LogP contribution in [0.5, 0.6) is 0 Å². The van der Waals surface area contributed by atoms with Crippen molar-refractivity contribution in [2.75, 3.05) is 37.0 Å². The van der Waals surface area contributed by atoms with Gasteiger partial charge in [-0.3, -0.25) is 31.8 Å². The number of nitrogens with two attached hydrogens (primary N) is 4. The molecule has 332 valence electrons. The molecular weight excluding hydrogens is 870 g/mol. The van der Waals surface area contributed by atoms with Gasteiger partial charge in [-0.15, -0.1) is 0 Å². The third-order valence-corrected chi connectivity index (χ3v) is 12.4. The number of phosphoric ester groups is 2. The van der Waals surface area contributed by atoms with Gasteiger partial charge in [-0.05, 0) is 0 Å². The molecule has 3 aliphatic heterocycles. The predicted molar refractivity (Wildman–Crippen MR) is 204 cm³/mol. The van der Waals surface area contributed by atoms with Gasteiger partial charge < -0.3 is 62.3 Å². The van der Waals surface area contributed by atoms with Crippen molar-refractivity contribution in [1.82, 2.24) is 58.6 Å². The molecule has 62 heavy (non-hydrogen) atoms. The summed E-state index contributed by atoms with van der Waals surface area (Å²) < 4.78 is 70.4. The average molecular weight is 909 g/mol. The Labute approximate surface area is 346 Å². The molecule has 9 heterocycles. The zero-order valence-electron chi connectivity index (χ0n) is 31.6. The Balaban J connectivity index is 0.904. The maximum absolute atomic E-state index is 13.6. The van der Waals surface area contributed by atoms with Crippen molar-refractivity contribution in [3.63, 3.8) is 0 Å². The van der Waals surface area contributed by atoms with Crippen LogP contribution in [0.3, 0.4) is 0 Å². The minimum atomic E-state index is -5.25. The summed E-state index contributed by atoms with van der Waals surface area (Å²) in [5.74, 6) is 0.119. The van der Waals surface area contributed by atoms with E-state index in [1.165, 1.54) is 45.3 Å². The smallest absolute Gasteiger partial charge is 0.387 e. The van der Waals surface area contributed by atoms with Crippen LogP contribution < -0.4 is 22.9 Å². The molecule has 6 aromatic rings. The third-order valence-electron chi connectivity index (χ3n) is 10.4. The number of nitrogen functional groups attached to an aromatic ring is 3. The highest BCUT2D eigenvalue weighted by Gasteiger charge is 2.52. The molecule has 0 radical (unpaired) electrons. The minimum Gasteiger partial charge on any atom is -0.387 e. The second kappa shape index (κ2) is 16.3. The van der Waals surface area contributed by atoms with Crippen LogP contribution in [0.15, 0.2) is 38.0 Å². The Hall–Kier alpha value is -5.01. The lowest BCUT2D eigenvalue weighted by atomic mass is 10.1. The highest BCUT2D eigenvalue weighted by molar-refractivity contribution is 7.47. The molecule has 0 aliphatic carbocycles. The average Bonchev–Trinajstić information content (AvgIpc) is 4.10. The second-order valence-corrected chi connectivity index (χ2v) is 17.0. The Bertz CT molecular complexity index is 2710. The summed E-state index contributed by atoms with van der Waals surface area (Å²) in [6.07, 6.45) is -8.16. The van der Waals surface area contributed by atoms with E-state index in [1.807, 2.05) is 0 Å². The first-order valence-corrected chi connectivity index (χ1v) is 21.4. The molecule has 0 bridgehead atoms. The standard InChI is InChI=1S/C30H38N16O14P2/c31-2-11-1-12(28(56-11)44-8-41-15-22(32)35-5-38-25(15)44)59-61(50,51)54-4-14-19(48)21(30(58-14)46-10-43-17-24(34)37-7-40-27(17)46)60-62(52,53)55-3-13-18(47)20(49)29(57-13)45-9-42-16-23(33)36-6-39-26(16)45/h5-14,18-21,28-30,47-49H,1-4,31H2,(H,50,51)(H,52,53)(H2,32,35,38)(H2,33,36,39)(H2,34,37,40)/t11-,12+,13+,14+,18+,19+,20+,21+,28+,29+,30+/m0/s1. The van der Waals surface area contributed by atoms with Crippen LogP contribution in [-0.2, 0) is 41.4 Å². The fourth-order valence-electron chi connectivity index (χ4n) is 7.39. The van der Waals surface area contributed by atoms with E-state index in [0.717, 1.165) is 6.33 Å². The Kier molecular flexibility index (Phi) is 11.1. The highest BCUT2D eigenvalue weighted by Crippen LogP contribution is 2.52. The lowest BCUT2D eigenvalue weighted by Gasteiger charge is -2.25. The topological polar surface area (TPSA) is 435 Å². The first-order valence-electron chi connectivity index (χ1n) is 18.4. The second-order valence-electron chi connectivity index (χ2n) is 14.2. The van der Waals surface area contributed by atoms with Crippen molar-refractivity contribution >= 4 is 66.6 Å². The molecular formula is C30H38N16O14P2. The molecule has 0 amide bonds. The van der Waals surface area contributed by atoms with Crippen LogP contribution in [0.4, 0.5) is 17.5 Å². The summed E-state index contributed by atoms with van der Waals surface area (Å²) in [5.41, 5.74) is 24.6. The number of aliphatic hydroxyl groups is 3. The first kappa shape index (κ1) is 42.3. The van der Waals surface area contributed by atoms with Gasteiger partial charge in [0.1, 0.15) is 78.3 Å². The number of hydrogen-bond donors (Lipinski definition) is 9. The first-order chi connectivity index (χ1) is 29.6. The molecule has 0 saturated carbocycles. The molecule has 6 aromatic heterocycles. The van der Waals surface area contributed by atoms with Gasteiger partial charge in [-0.1, -0.05) is 0 Å². The molecule has 3 saturated heterocycles. The van der Waals surface area contributed by atoms with Gasteiger partial charge in [-0.2, -0.15) is 0 Å². The van der Waals surface area contributed by atoms with Crippen LogP contribution in [0.1, 0.15) is 25.1 Å². The van der Waals surface area contributed by atoms with E-state index in [9.17, 15) is 34.2 Å². The Morgan fingerprint density at radius 2 is 1.06 bits per heavy atom. The van der Waals surface area contributed by atoms with Gasteiger partial charge in [0.25, 0.3) is 0 Å². The number of nitrogens with zero attached hydrogens (tertiary/aromatic N) is 12. The predicted octanol–water partition coefficient (Wildman–Crippen LogP) is -2.62. The van der Waals surface area contributed by atoms with E-state index < -0.39 is 96.4 Å². The van der Waals surface area contributed by atoms with E-state index in [-0.39, 0.29) is 63.9 Å². The van der Waals surface area contributed by atoms with Gasteiger partial charge in [0.2, 0.25) is 0 Å². The SMILES string of the molecule is NC[C@@H]1C[C@@H](OP(=O)(O)OC[C@H]2O[C@@H](n3cnc4c(N)ncnc43)[C@H](OP(=O)(O)OC[C@H]3O[C@@H](n4cnc5c(N)ncnc54)[C@H](O)[C@@H]3O)[C@@H]2O)[C@H](n2cnc3c(N)ncnc32)O1. The van der Waals surface area contributed by atoms with Crippen LogP contribution in [0.25, 0.3) is 33.5 Å². The number of imidazole rings is 3. The van der Waals surface area contributed by atoms with Crippen molar-refractivity contribution in [3.8, 4) is 0 Å². The number of ether oxygens (including phenoxy) is 3. The van der Waals surface area contributed by atoms with Crippen LogP contribution in [0.2, 0.25) is 0 Å². The van der Waals surface area contributed by atoms with Crippen molar-refractivity contribution < 1.29 is 66.5 Å². The molecule has 30 nitrogen and oxygen atoms in total. The quantitative estimate of drug-likeness (QED) is 0.0505. The molecule has 13 N–H and O–H groups in total. The summed E-state index contributed by atoms with van der Waals surface area (Å²) in [6.45, 7) is -1.63. The lowest BCUT2D eigenvalue weighted by Crippen LogP contribution is -2.36. The molecule has 9 rings (SSSR count). The van der Waals surface area contributed by atoms with E-state index in [4.69, 9.17) is 55.2 Å². The lowest BCUT2D eigenvalue weighted by molar-refractivity contribution is -0.0631. The number of aliphatic hydroxyl groups excluding tert-OH is 3. The summed E-state index contributed by atoms with van der Waals surface area (Å²) in [4.78, 5) is 58.5. The van der Waals surface area contributed by atoms with Crippen molar-refractivity contribution in [1.29, 1.82) is 0 Å². The molecule has 2 unspecified atom stereocenters. The van der Waals surface area contributed by atoms with Crippen LogP contribution in [0, 0.1) is 0 Å². The fraction of sp³-hybridized carbons (Fsp3) is 0.500. The fourth-order valence-corrected chi connectivity index (χ4v) is 9.25. The molecule has 3 aliphatic rings. The summed E-state index contributed by atoms with van der Waals surface area (Å²) in [7, 11) is -10.3. The number of aromatic nitrogens is 12. The van der Waals surface area contributed by atoms with E-state index >= 15 is 0 Å². The van der Waals surface area contributed by atoms with Crippen molar-refractivity contribution in [2.45, 2.75) is 73.9 Å². The molecule has 0 aromatic carbocycles. The Morgan fingerprint density at radius 3 is 1.58 bits per heavy atom. The normalized spacial score (nSPS) is 31.0. The van der Waals surface area contributed by atoms with Gasteiger partial charge in [0.05, 0.1) is 38.3 Å². The van der Waals surface area contributed by atoms with Crippen LogP contribution >= 0.6 is 15.6 Å². The highest BCUT2D eigenvalue weighted by atomic mass is 31.2. The number of rotatable bonds is 14. The molecule has 3 fully saturated rings. The summed E-state index contributed by atoms with van der Waals surface area (Å²) >= 11 is 0. The molecule has 13 atom stereocenters. The van der Waals surface area contributed by atoms with Gasteiger partial charge in [0, 0.05) is 13.0 Å². The zero-order valence-corrected chi connectivity index (χ0v) is 33.4. The minimum absolute atomic E-state index is 0.0277. The third kappa shape index (κ3) is 7.73. The van der Waals surface area contributed by atoms with Crippen molar-refractivity contribution in [2.24, 2.45) is 5.73 Å². The largest absolute Gasteiger partial charge is 0.472 e. The maximum Gasteiger partial charge on any atom is 0.472 e. The number of fused-ring (bicyclic) bond motifs is 3. The maximum atomic E-state index is 13.6. The van der Waals surface area contributed by atoms with E-state index in [0.29, 0.717) is 0 Å². The Morgan fingerprint density at radius 1 is 0.613 bits per heavy atom. The van der Waals surface area contributed by atoms with E-state index in [1.54, 1.807) is 0 Å². The zero-order chi connectivity index (χ0) is 43.7. The number of anilines is 3. The number of hydrogen-bond acceptors (Lipinski definition) is 25.